The largest absolute Gasteiger partial charge is 0.493 e. The fourth-order valence-electron chi connectivity index (χ4n) is 2.50. The number of carbonyl (C=O) groups is 1. The van der Waals surface area contributed by atoms with Gasteiger partial charge in [0, 0.05) is 10.6 Å². The third-order valence-electron chi connectivity index (χ3n) is 4.05. The molecule has 6 nitrogen and oxygen atoms in total. The normalized spacial score (nSPS) is 10.7. The molecule has 0 fully saturated rings. The van der Waals surface area contributed by atoms with Crippen molar-refractivity contribution in [1.82, 2.24) is 5.43 Å². The van der Waals surface area contributed by atoms with E-state index >= 15 is 0 Å². The molecular formula is C22H23N3O3S. The third kappa shape index (κ3) is 6.36. The van der Waals surface area contributed by atoms with E-state index in [0.29, 0.717) is 18.1 Å². The number of anilines is 1. The van der Waals surface area contributed by atoms with Crippen molar-refractivity contribution in [2.45, 2.75) is 13.5 Å². The summed E-state index contributed by atoms with van der Waals surface area (Å²) in [5.74, 6) is 1.03. The van der Waals surface area contributed by atoms with Gasteiger partial charge < -0.3 is 14.8 Å². The van der Waals surface area contributed by atoms with Crippen LogP contribution in [0, 0.1) is 6.92 Å². The quantitative estimate of drug-likeness (QED) is 0.410. The maximum absolute atomic E-state index is 11.9. The molecule has 0 aliphatic carbocycles. The van der Waals surface area contributed by atoms with Gasteiger partial charge in [0.05, 0.1) is 19.9 Å². The Bertz CT molecular complexity index is 954. The average molecular weight is 410 g/mol. The van der Waals surface area contributed by atoms with E-state index in [9.17, 15) is 4.79 Å². The number of rotatable bonds is 9. The van der Waals surface area contributed by atoms with E-state index in [2.05, 4.69) is 15.8 Å². The molecule has 0 aliphatic rings. The molecule has 3 aromatic rings. The Morgan fingerprint density at radius 2 is 1.97 bits per heavy atom. The monoisotopic (exact) mass is 409 g/mol. The lowest BCUT2D eigenvalue weighted by Crippen LogP contribution is -2.25. The maximum atomic E-state index is 11.9. The number of hydrazone groups is 1. The first-order chi connectivity index (χ1) is 14.1. The standard InChI is InChI=1S/C22H23N3O3S/c1-16-5-8-18(9-6-16)23-14-22(26)25-24-13-17-7-10-20(21(12-17)27-2)28-15-19-4-3-11-29-19/h3-13,23H,14-15H2,1-2H3,(H,25,26)/b24-13-. The number of nitrogens with one attached hydrogen (secondary N) is 2. The fourth-order valence-corrected chi connectivity index (χ4v) is 3.12. The van der Waals surface area contributed by atoms with Crippen molar-refractivity contribution in [3.63, 3.8) is 0 Å². The van der Waals surface area contributed by atoms with E-state index in [1.165, 1.54) is 5.56 Å². The highest BCUT2D eigenvalue weighted by Crippen LogP contribution is 2.28. The predicted molar refractivity (Wildman–Crippen MR) is 117 cm³/mol. The zero-order valence-electron chi connectivity index (χ0n) is 16.3. The Kier molecular flexibility index (Phi) is 7.24. The van der Waals surface area contributed by atoms with Crippen molar-refractivity contribution in [1.29, 1.82) is 0 Å². The van der Waals surface area contributed by atoms with Gasteiger partial charge in [-0.05, 0) is 54.3 Å². The molecule has 150 valence electrons. The van der Waals surface area contributed by atoms with E-state index in [4.69, 9.17) is 9.47 Å². The van der Waals surface area contributed by atoms with Crippen molar-refractivity contribution in [2.24, 2.45) is 5.10 Å². The van der Waals surface area contributed by atoms with Gasteiger partial charge in [-0.2, -0.15) is 5.10 Å². The van der Waals surface area contributed by atoms with Gasteiger partial charge in [-0.25, -0.2) is 5.43 Å². The first kappa shape index (κ1) is 20.4. The van der Waals surface area contributed by atoms with Crippen LogP contribution in [-0.4, -0.2) is 25.8 Å². The predicted octanol–water partition coefficient (Wildman–Crippen LogP) is 4.21. The van der Waals surface area contributed by atoms with Crippen LogP contribution in [0.3, 0.4) is 0 Å². The first-order valence-corrected chi connectivity index (χ1v) is 9.97. The summed E-state index contributed by atoms with van der Waals surface area (Å²) in [7, 11) is 1.59. The van der Waals surface area contributed by atoms with Gasteiger partial charge in [0.2, 0.25) is 0 Å². The molecule has 0 saturated carbocycles. The number of hydrogen-bond acceptors (Lipinski definition) is 6. The van der Waals surface area contributed by atoms with Crippen molar-refractivity contribution < 1.29 is 14.3 Å². The summed E-state index contributed by atoms with van der Waals surface area (Å²) in [6.45, 7) is 2.65. The second-order valence-electron chi connectivity index (χ2n) is 6.29. The number of ether oxygens (including phenoxy) is 2. The summed E-state index contributed by atoms with van der Waals surface area (Å²) in [6, 6.07) is 17.3. The summed E-state index contributed by atoms with van der Waals surface area (Å²) < 4.78 is 11.2. The van der Waals surface area contributed by atoms with E-state index in [1.807, 2.05) is 66.9 Å². The molecule has 1 amide bonds. The molecule has 0 atom stereocenters. The van der Waals surface area contributed by atoms with E-state index in [-0.39, 0.29) is 12.5 Å². The maximum Gasteiger partial charge on any atom is 0.259 e. The van der Waals surface area contributed by atoms with E-state index in [0.717, 1.165) is 16.1 Å². The molecule has 1 heterocycles. The van der Waals surface area contributed by atoms with Crippen LogP contribution in [0.4, 0.5) is 5.69 Å². The molecular weight excluding hydrogens is 386 g/mol. The SMILES string of the molecule is COc1cc(/C=N\NC(=O)CNc2ccc(C)cc2)ccc1OCc1cccs1. The summed E-state index contributed by atoms with van der Waals surface area (Å²) >= 11 is 1.64. The molecule has 0 aliphatic heterocycles. The number of thiophene rings is 1. The molecule has 0 saturated heterocycles. The highest BCUT2D eigenvalue weighted by atomic mass is 32.1. The Labute approximate surface area is 174 Å². The average Bonchev–Trinajstić information content (AvgIpc) is 3.26. The van der Waals surface area contributed by atoms with E-state index in [1.54, 1.807) is 24.7 Å². The van der Waals surface area contributed by atoms with Crippen LogP contribution >= 0.6 is 11.3 Å². The topological polar surface area (TPSA) is 72.0 Å². The zero-order valence-corrected chi connectivity index (χ0v) is 17.2. The summed E-state index contributed by atoms with van der Waals surface area (Å²) in [6.07, 6.45) is 1.56. The van der Waals surface area contributed by atoms with Crippen LogP contribution in [0.1, 0.15) is 16.0 Å². The van der Waals surface area contributed by atoms with Gasteiger partial charge in [0.15, 0.2) is 11.5 Å². The van der Waals surface area contributed by atoms with Gasteiger partial charge in [-0.3, -0.25) is 4.79 Å². The number of nitrogens with zero attached hydrogens (tertiary/aromatic N) is 1. The molecule has 1 aromatic heterocycles. The minimum absolute atomic E-state index is 0.138. The fraction of sp³-hybridized carbons (Fsp3) is 0.182. The van der Waals surface area contributed by atoms with Crippen LogP contribution in [0.25, 0.3) is 0 Å². The van der Waals surface area contributed by atoms with Crippen molar-refractivity contribution in [2.75, 3.05) is 19.0 Å². The van der Waals surface area contributed by atoms with Crippen molar-refractivity contribution >= 4 is 29.1 Å². The lowest BCUT2D eigenvalue weighted by molar-refractivity contribution is -0.119. The Morgan fingerprint density at radius 3 is 2.69 bits per heavy atom. The number of aryl methyl sites for hydroxylation is 1. The molecule has 2 N–H and O–H groups in total. The second-order valence-corrected chi connectivity index (χ2v) is 7.32. The molecule has 2 aromatic carbocycles. The minimum atomic E-state index is -0.232. The van der Waals surface area contributed by atoms with Crippen LogP contribution in [-0.2, 0) is 11.4 Å². The Balaban J connectivity index is 1.50. The molecule has 3 rings (SSSR count). The summed E-state index contributed by atoms with van der Waals surface area (Å²) in [4.78, 5) is 13.1. The lowest BCUT2D eigenvalue weighted by atomic mass is 10.2. The second kappa shape index (κ2) is 10.3. The Morgan fingerprint density at radius 1 is 1.14 bits per heavy atom. The molecule has 0 spiro atoms. The molecule has 0 bridgehead atoms. The van der Waals surface area contributed by atoms with Gasteiger partial charge in [0.1, 0.15) is 6.61 Å². The number of carbonyl (C=O) groups excluding carboxylic acids is 1. The minimum Gasteiger partial charge on any atom is -0.493 e. The van der Waals surface area contributed by atoms with Crippen LogP contribution in [0.2, 0.25) is 0 Å². The first-order valence-electron chi connectivity index (χ1n) is 9.10. The summed E-state index contributed by atoms with van der Waals surface area (Å²) in [5, 5.41) is 9.06. The van der Waals surface area contributed by atoms with Crippen LogP contribution in [0.15, 0.2) is 65.1 Å². The third-order valence-corrected chi connectivity index (χ3v) is 4.90. The molecule has 0 radical (unpaired) electrons. The van der Waals surface area contributed by atoms with Gasteiger partial charge in [0.25, 0.3) is 5.91 Å². The lowest BCUT2D eigenvalue weighted by Gasteiger charge is -2.10. The van der Waals surface area contributed by atoms with Crippen LogP contribution < -0.4 is 20.2 Å². The zero-order chi connectivity index (χ0) is 20.5. The van der Waals surface area contributed by atoms with Gasteiger partial charge in [-0.15, -0.1) is 11.3 Å². The smallest absolute Gasteiger partial charge is 0.259 e. The van der Waals surface area contributed by atoms with E-state index < -0.39 is 0 Å². The number of amides is 1. The molecule has 0 unspecified atom stereocenters. The van der Waals surface area contributed by atoms with Gasteiger partial charge >= 0.3 is 0 Å². The number of benzene rings is 2. The molecule has 7 heteroatoms. The van der Waals surface area contributed by atoms with Crippen molar-refractivity contribution in [3.8, 4) is 11.5 Å². The number of methoxy groups -OCH3 is 1. The van der Waals surface area contributed by atoms with Gasteiger partial charge in [-0.1, -0.05) is 23.8 Å². The van der Waals surface area contributed by atoms with Crippen LogP contribution in [0.5, 0.6) is 11.5 Å². The summed E-state index contributed by atoms with van der Waals surface area (Å²) in [5.41, 5.74) is 5.35. The highest BCUT2D eigenvalue weighted by Gasteiger charge is 2.06. The molecule has 29 heavy (non-hydrogen) atoms. The Hall–Kier alpha value is -3.32. The number of hydrogen-bond donors (Lipinski definition) is 2. The highest BCUT2D eigenvalue weighted by molar-refractivity contribution is 7.09. The van der Waals surface area contributed by atoms with Crippen molar-refractivity contribution in [3.05, 3.63) is 76.0 Å².